The summed E-state index contributed by atoms with van der Waals surface area (Å²) in [5, 5.41) is 15.5. The van der Waals surface area contributed by atoms with Crippen molar-refractivity contribution in [3.8, 4) is 11.6 Å². The fourth-order valence-electron chi connectivity index (χ4n) is 2.30. The molecular formula is C14H15N3O6. The van der Waals surface area contributed by atoms with Gasteiger partial charge in [-0.05, 0) is 12.1 Å². The summed E-state index contributed by atoms with van der Waals surface area (Å²) in [7, 11) is 0. The second kappa shape index (κ2) is 6.21. The number of amides is 1. The van der Waals surface area contributed by atoms with Gasteiger partial charge in [0.25, 0.3) is 0 Å². The first-order valence-corrected chi connectivity index (χ1v) is 7.08. The molecule has 1 saturated heterocycles. The number of carboxylic acid groups (broad SMARTS) is 1. The van der Waals surface area contributed by atoms with Gasteiger partial charge in [-0.3, -0.25) is 4.79 Å². The molecule has 1 aliphatic heterocycles. The zero-order chi connectivity index (χ0) is 16.3. The number of nitrogens with zero attached hydrogens (tertiary/aromatic N) is 2. The first kappa shape index (κ1) is 15.2. The Labute approximate surface area is 130 Å². The summed E-state index contributed by atoms with van der Waals surface area (Å²) < 4.78 is 15.3. The zero-order valence-electron chi connectivity index (χ0n) is 12.2. The van der Waals surface area contributed by atoms with Gasteiger partial charge in [0.05, 0.1) is 12.9 Å². The Hall–Kier alpha value is -2.68. The monoisotopic (exact) mass is 321 g/mol. The number of aromatic nitrogens is 2. The molecule has 0 aromatic carbocycles. The van der Waals surface area contributed by atoms with Crippen molar-refractivity contribution in [2.45, 2.75) is 24.8 Å². The summed E-state index contributed by atoms with van der Waals surface area (Å²) in [4.78, 5) is 27.4. The molecule has 0 spiro atoms. The van der Waals surface area contributed by atoms with E-state index in [0.717, 1.165) is 0 Å². The number of rotatable bonds is 6. The van der Waals surface area contributed by atoms with Crippen LogP contribution in [0, 0.1) is 0 Å². The van der Waals surface area contributed by atoms with Crippen molar-refractivity contribution in [1.29, 1.82) is 0 Å². The van der Waals surface area contributed by atoms with Crippen molar-refractivity contribution in [3.05, 3.63) is 24.3 Å². The lowest BCUT2D eigenvalue weighted by Gasteiger charge is -2.23. The molecular weight excluding hydrogens is 306 g/mol. The number of ether oxygens (including phenoxy) is 1. The van der Waals surface area contributed by atoms with Gasteiger partial charge in [0, 0.05) is 25.9 Å². The van der Waals surface area contributed by atoms with Crippen LogP contribution in [0.3, 0.4) is 0 Å². The van der Waals surface area contributed by atoms with Crippen LogP contribution in [0.5, 0.6) is 0 Å². The Morgan fingerprint density at radius 1 is 1.43 bits per heavy atom. The van der Waals surface area contributed by atoms with Gasteiger partial charge in [0.15, 0.2) is 11.3 Å². The van der Waals surface area contributed by atoms with Gasteiger partial charge in [-0.2, -0.15) is 4.98 Å². The fourth-order valence-corrected chi connectivity index (χ4v) is 2.30. The lowest BCUT2D eigenvalue weighted by atomic mass is 9.98. The maximum atomic E-state index is 12.0. The highest BCUT2D eigenvalue weighted by Gasteiger charge is 2.43. The van der Waals surface area contributed by atoms with E-state index >= 15 is 0 Å². The Morgan fingerprint density at radius 3 is 2.96 bits per heavy atom. The van der Waals surface area contributed by atoms with Crippen LogP contribution in [0.2, 0.25) is 0 Å². The van der Waals surface area contributed by atoms with Gasteiger partial charge < -0.3 is 24.1 Å². The summed E-state index contributed by atoms with van der Waals surface area (Å²) in [6.45, 7) is 0.278. The van der Waals surface area contributed by atoms with Gasteiger partial charge in [0.2, 0.25) is 17.6 Å². The minimum atomic E-state index is -1.34. The third kappa shape index (κ3) is 3.24. The Bertz CT molecular complexity index is 687. The minimum absolute atomic E-state index is 0.0305. The number of carboxylic acids is 1. The molecule has 1 atom stereocenters. The Kier molecular flexibility index (Phi) is 4.11. The van der Waals surface area contributed by atoms with Crippen LogP contribution < -0.4 is 5.32 Å². The highest BCUT2D eigenvalue weighted by Crippen LogP contribution is 2.20. The second-order valence-electron chi connectivity index (χ2n) is 5.23. The highest BCUT2D eigenvalue weighted by molar-refractivity contribution is 5.87. The minimum Gasteiger partial charge on any atom is -0.479 e. The number of nitrogens with one attached hydrogen (secondary N) is 1. The number of furan rings is 1. The highest BCUT2D eigenvalue weighted by atomic mass is 16.5. The zero-order valence-corrected chi connectivity index (χ0v) is 12.2. The molecule has 0 saturated carbocycles. The number of aryl methyl sites for hydroxylation is 1. The van der Waals surface area contributed by atoms with Gasteiger partial charge in [-0.25, -0.2) is 4.79 Å². The number of carbonyl (C=O) groups is 2. The van der Waals surface area contributed by atoms with E-state index in [1.165, 1.54) is 6.26 Å². The van der Waals surface area contributed by atoms with E-state index in [1.807, 2.05) is 0 Å². The maximum absolute atomic E-state index is 12.0. The summed E-state index contributed by atoms with van der Waals surface area (Å²) in [6, 6.07) is 3.39. The van der Waals surface area contributed by atoms with Crippen molar-refractivity contribution < 1.29 is 28.4 Å². The normalized spacial score (nSPS) is 20.5. The van der Waals surface area contributed by atoms with Crippen molar-refractivity contribution in [1.82, 2.24) is 15.5 Å². The summed E-state index contributed by atoms with van der Waals surface area (Å²) in [5.74, 6) is -0.454. The van der Waals surface area contributed by atoms with E-state index in [1.54, 1.807) is 12.1 Å². The summed E-state index contributed by atoms with van der Waals surface area (Å²) in [6.07, 6.45) is 1.98. The second-order valence-corrected chi connectivity index (χ2v) is 5.23. The molecule has 3 heterocycles. The maximum Gasteiger partial charge on any atom is 0.331 e. The van der Waals surface area contributed by atoms with Gasteiger partial charge in [-0.15, -0.1) is 0 Å². The molecule has 2 N–H and O–H groups in total. The number of aliphatic carboxylic acids is 1. The molecule has 2 aromatic heterocycles. The molecule has 122 valence electrons. The molecule has 1 fully saturated rings. The third-order valence-corrected chi connectivity index (χ3v) is 3.59. The van der Waals surface area contributed by atoms with Crippen LogP contribution in [-0.2, 0) is 20.7 Å². The van der Waals surface area contributed by atoms with Gasteiger partial charge >= 0.3 is 5.97 Å². The molecule has 3 rings (SSSR count). The first-order valence-electron chi connectivity index (χ1n) is 7.08. The summed E-state index contributed by atoms with van der Waals surface area (Å²) in [5.41, 5.74) is -1.34. The Morgan fingerprint density at radius 2 is 2.30 bits per heavy atom. The number of hydrogen-bond donors (Lipinski definition) is 2. The molecule has 9 nitrogen and oxygen atoms in total. The smallest absolute Gasteiger partial charge is 0.331 e. The quantitative estimate of drug-likeness (QED) is 0.792. The van der Waals surface area contributed by atoms with E-state index < -0.39 is 17.4 Å². The molecule has 2 aromatic rings. The van der Waals surface area contributed by atoms with Crippen LogP contribution in [0.4, 0.5) is 0 Å². The number of carbonyl (C=O) groups excluding carboxylic acids is 1. The van der Waals surface area contributed by atoms with E-state index in [-0.39, 0.29) is 31.8 Å². The van der Waals surface area contributed by atoms with Gasteiger partial charge in [-0.1, -0.05) is 5.16 Å². The van der Waals surface area contributed by atoms with Crippen LogP contribution in [-0.4, -0.2) is 45.9 Å². The predicted octanol–water partition coefficient (Wildman–Crippen LogP) is 0.622. The molecule has 0 bridgehead atoms. The van der Waals surface area contributed by atoms with E-state index in [4.69, 9.17) is 13.7 Å². The average Bonchev–Trinajstić information content (AvgIpc) is 3.26. The van der Waals surface area contributed by atoms with Crippen molar-refractivity contribution in [3.63, 3.8) is 0 Å². The first-order chi connectivity index (χ1) is 11.1. The van der Waals surface area contributed by atoms with E-state index in [2.05, 4.69) is 15.5 Å². The fraction of sp³-hybridized carbons (Fsp3) is 0.429. The molecule has 1 amide bonds. The SMILES string of the molecule is O=C(CCc1nc(-c2ccco2)no1)NC1(C(=O)O)CCOC1. The summed E-state index contributed by atoms with van der Waals surface area (Å²) >= 11 is 0. The van der Waals surface area contributed by atoms with Crippen LogP contribution in [0.15, 0.2) is 27.3 Å². The van der Waals surface area contributed by atoms with Crippen LogP contribution >= 0.6 is 0 Å². The molecule has 1 aliphatic rings. The predicted molar refractivity (Wildman–Crippen MR) is 74.3 cm³/mol. The molecule has 0 aliphatic carbocycles. The van der Waals surface area contributed by atoms with E-state index in [9.17, 15) is 14.7 Å². The van der Waals surface area contributed by atoms with Crippen LogP contribution in [0.1, 0.15) is 18.7 Å². The molecule has 9 heteroatoms. The topological polar surface area (TPSA) is 128 Å². The molecule has 23 heavy (non-hydrogen) atoms. The van der Waals surface area contributed by atoms with Crippen molar-refractivity contribution in [2.75, 3.05) is 13.2 Å². The Balaban J connectivity index is 1.56. The molecule has 1 unspecified atom stereocenters. The van der Waals surface area contributed by atoms with E-state index in [0.29, 0.717) is 18.2 Å². The lowest BCUT2D eigenvalue weighted by molar-refractivity contribution is -0.147. The average molecular weight is 321 g/mol. The third-order valence-electron chi connectivity index (χ3n) is 3.59. The van der Waals surface area contributed by atoms with Crippen molar-refractivity contribution >= 4 is 11.9 Å². The van der Waals surface area contributed by atoms with Gasteiger partial charge in [0.1, 0.15) is 0 Å². The standard InChI is InChI=1S/C14H15N3O6/c18-10(16-14(13(19)20)5-7-21-8-14)3-4-11-15-12(17-23-11)9-2-1-6-22-9/h1-2,6H,3-5,7-8H2,(H,16,18)(H,19,20). The lowest BCUT2D eigenvalue weighted by Crippen LogP contribution is -2.55. The van der Waals surface area contributed by atoms with Crippen LogP contribution in [0.25, 0.3) is 11.6 Å². The van der Waals surface area contributed by atoms with Crippen molar-refractivity contribution in [2.24, 2.45) is 0 Å². The number of hydrogen-bond acceptors (Lipinski definition) is 7. The molecule has 0 radical (unpaired) electrons. The largest absolute Gasteiger partial charge is 0.479 e.